The minimum atomic E-state index is -0.758. The summed E-state index contributed by atoms with van der Waals surface area (Å²) in [5, 5.41) is 19.2. The van der Waals surface area contributed by atoms with Crippen molar-refractivity contribution < 1.29 is 18.8 Å². The Balaban J connectivity index is 1.66. The number of hydrogen-bond acceptors (Lipinski definition) is 7. The Hall–Kier alpha value is -4.69. The van der Waals surface area contributed by atoms with Gasteiger partial charge in [0.1, 0.15) is 12.3 Å². The molecule has 11 nitrogen and oxygen atoms in total. The average Bonchev–Trinajstić information content (AvgIpc) is 3.37. The fourth-order valence-corrected chi connectivity index (χ4v) is 3.40. The van der Waals surface area contributed by atoms with Gasteiger partial charge in [0.25, 0.3) is 5.91 Å². The number of aromatic nitrogens is 3. The molecule has 0 saturated heterocycles. The van der Waals surface area contributed by atoms with Crippen molar-refractivity contribution in [2.24, 2.45) is 7.05 Å². The Bertz CT molecular complexity index is 1470. The predicted molar refractivity (Wildman–Crippen MR) is 119 cm³/mol. The topological polar surface area (TPSA) is 155 Å². The molecule has 0 saturated carbocycles. The van der Waals surface area contributed by atoms with E-state index in [4.69, 9.17) is 4.74 Å². The van der Waals surface area contributed by atoms with Crippen LogP contribution in [0.5, 0.6) is 0 Å². The van der Waals surface area contributed by atoms with Crippen LogP contribution < -0.4 is 16.4 Å². The minimum Gasteiger partial charge on any atom is -0.375 e. The molecule has 3 N–H and O–H groups in total. The number of amides is 2. The molecule has 166 valence electrons. The average molecular weight is 446 g/mol. The van der Waals surface area contributed by atoms with Crippen molar-refractivity contribution in [1.82, 2.24) is 14.7 Å². The first-order valence-electron chi connectivity index (χ1n) is 9.69. The second kappa shape index (κ2) is 8.81. The van der Waals surface area contributed by atoms with Crippen molar-refractivity contribution in [3.8, 4) is 17.5 Å². The molecule has 0 spiro atoms. The number of nitrogens with one attached hydrogen (secondary N) is 3. The molecule has 0 aliphatic carbocycles. The van der Waals surface area contributed by atoms with Gasteiger partial charge in [0.15, 0.2) is 5.82 Å². The molecule has 2 heterocycles. The molecule has 0 aliphatic heterocycles. The van der Waals surface area contributed by atoms with Crippen LogP contribution in [0.3, 0.4) is 0 Å². The zero-order chi connectivity index (χ0) is 23.5. The lowest BCUT2D eigenvalue weighted by molar-refractivity contribution is -0.119. The molecule has 2 aromatic heterocycles. The van der Waals surface area contributed by atoms with E-state index in [1.807, 2.05) is 6.07 Å². The lowest BCUT2D eigenvalue weighted by Gasteiger charge is -2.10. The highest BCUT2D eigenvalue weighted by molar-refractivity contribution is 6.08. The maximum Gasteiger partial charge on any atom is 0.439 e. The van der Waals surface area contributed by atoms with Crippen LogP contribution >= 0.6 is 0 Å². The number of aryl methyl sites for hydroxylation is 1. The SMILES string of the molecule is COCC(=O)Nc1ccc2cc(C(=O)Nc3ccc(C#N)cc3-c3noc(=O)[nH]3)n(C)c2c1. The number of hydrogen-bond donors (Lipinski definition) is 3. The van der Waals surface area contributed by atoms with E-state index in [0.29, 0.717) is 28.2 Å². The van der Waals surface area contributed by atoms with Crippen LogP contribution in [0.1, 0.15) is 16.1 Å². The third kappa shape index (κ3) is 4.36. The summed E-state index contributed by atoms with van der Waals surface area (Å²) < 4.78 is 11.1. The number of benzene rings is 2. The smallest absolute Gasteiger partial charge is 0.375 e. The molecule has 0 bridgehead atoms. The molecule has 0 fully saturated rings. The Morgan fingerprint density at radius 3 is 2.73 bits per heavy atom. The van der Waals surface area contributed by atoms with Crippen molar-refractivity contribution >= 4 is 34.1 Å². The van der Waals surface area contributed by atoms with Gasteiger partial charge in [0, 0.05) is 30.8 Å². The number of H-pyrrole nitrogens is 1. The van der Waals surface area contributed by atoms with Gasteiger partial charge in [-0.2, -0.15) is 5.26 Å². The maximum absolute atomic E-state index is 13.1. The van der Waals surface area contributed by atoms with Crippen LogP contribution in [0, 0.1) is 11.3 Å². The molecule has 33 heavy (non-hydrogen) atoms. The van der Waals surface area contributed by atoms with Crippen LogP contribution in [0.15, 0.2) is 51.8 Å². The van der Waals surface area contributed by atoms with Crippen LogP contribution in [-0.2, 0) is 16.6 Å². The van der Waals surface area contributed by atoms with E-state index in [9.17, 15) is 19.6 Å². The number of ether oxygens (including phenoxy) is 1. The van der Waals surface area contributed by atoms with E-state index in [1.165, 1.54) is 19.2 Å². The van der Waals surface area contributed by atoms with Crippen molar-refractivity contribution in [3.05, 3.63) is 64.3 Å². The molecule has 2 aromatic carbocycles. The van der Waals surface area contributed by atoms with E-state index in [1.54, 1.807) is 41.9 Å². The van der Waals surface area contributed by atoms with Crippen LogP contribution in [-0.4, -0.2) is 40.2 Å². The van der Waals surface area contributed by atoms with Gasteiger partial charge in [0.05, 0.1) is 22.8 Å². The molecular formula is C22H18N6O5. The molecule has 0 radical (unpaired) electrons. The summed E-state index contributed by atoms with van der Waals surface area (Å²) in [5.74, 6) is -1.38. The largest absolute Gasteiger partial charge is 0.439 e. The highest BCUT2D eigenvalue weighted by Gasteiger charge is 2.18. The summed E-state index contributed by atoms with van der Waals surface area (Å²) in [5.41, 5.74) is 2.64. The number of rotatable bonds is 6. The fourth-order valence-electron chi connectivity index (χ4n) is 3.40. The predicted octanol–water partition coefficient (Wildman–Crippen LogP) is 2.23. The summed E-state index contributed by atoms with van der Waals surface area (Å²) in [7, 11) is 3.16. The Morgan fingerprint density at radius 2 is 2.03 bits per heavy atom. The third-order valence-electron chi connectivity index (χ3n) is 4.93. The molecule has 4 rings (SSSR count). The quantitative estimate of drug-likeness (QED) is 0.410. The van der Waals surface area contributed by atoms with Gasteiger partial charge in [-0.3, -0.25) is 19.1 Å². The summed E-state index contributed by atoms with van der Waals surface area (Å²) in [6, 6.07) is 13.6. The Kier molecular flexibility index (Phi) is 5.75. The van der Waals surface area contributed by atoms with E-state index in [-0.39, 0.29) is 18.3 Å². The first kappa shape index (κ1) is 21.5. The maximum atomic E-state index is 13.1. The number of carbonyl (C=O) groups excluding carboxylic acids is 2. The van der Waals surface area contributed by atoms with E-state index in [2.05, 4.69) is 25.3 Å². The van der Waals surface area contributed by atoms with Crippen LogP contribution in [0.2, 0.25) is 0 Å². The minimum absolute atomic E-state index is 0.0669. The number of anilines is 2. The summed E-state index contributed by atoms with van der Waals surface area (Å²) in [6.45, 7) is -0.0669. The van der Waals surface area contributed by atoms with E-state index in [0.717, 1.165) is 10.9 Å². The molecule has 0 aliphatic rings. The molecule has 11 heteroatoms. The van der Waals surface area contributed by atoms with Gasteiger partial charge in [-0.15, -0.1) is 0 Å². The highest BCUT2D eigenvalue weighted by atomic mass is 16.5. The van der Waals surface area contributed by atoms with Crippen LogP contribution in [0.25, 0.3) is 22.3 Å². The summed E-state index contributed by atoms with van der Waals surface area (Å²) in [6.07, 6.45) is 0. The van der Waals surface area contributed by atoms with E-state index < -0.39 is 11.7 Å². The highest BCUT2D eigenvalue weighted by Crippen LogP contribution is 2.28. The first-order chi connectivity index (χ1) is 15.9. The first-order valence-corrected chi connectivity index (χ1v) is 9.69. The molecule has 2 amide bonds. The molecular weight excluding hydrogens is 428 g/mol. The van der Waals surface area contributed by atoms with Crippen molar-refractivity contribution in [3.63, 3.8) is 0 Å². The lowest BCUT2D eigenvalue weighted by Crippen LogP contribution is -2.17. The van der Waals surface area contributed by atoms with Crippen molar-refractivity contribution in [2.75, 3.05) is 24.4 Å². The monoisotopic (exact) mass is 446 g/mol. The van der Waals surface area contributed by atoms with Crippen LogP contribution in [0.4, 0.5) is 11.4 Å². The Morgan fingerprint density at radius 1 is 1.21 bits per heavy atom. The lowest BCUT2D eigenvalue weighted by atomic mass is 10.1. The number of methoxy groups -OCH3 is 1. The second-order valence-corrected chi connectivity index (χ2v) is 7.11. The molecule has 0 unspecified atom stereocenters. The van der Waals surface area contributed by atoms with Gasteiger partial charge in [-0.25, -0.2) is 4.79 Å². The van der Waals surface area contributed by atoms with Gasteiger partial charge >= 0.3 is 5.76 Å². The van der Waals surface area contributed by atoms with Gasteiger partial charge in [-0.1, -0.05) is 11.2 Å². The van der Waals surface area contributed by atoms with Crippen molar-refractivity contribution in [2.45, 2.75) is 0 Å². The number of nitriles is 1. The van der Waals surface area contributed by atoms with Crippen molar-refractivity contribution in [1.29, 1.82) is 5.26 Å². The third-order valence-corrected chi connectivity index (χ3v) is 4.93. The zero-order valence-corrected chi connectivity index (χ0v) is 17.6. The number of nitrogens with zero attached hydrogens (tertiary/aromatic N) is 3. The number of fused-ring (bicyclic) bond motifs is 1. The molecule has 0 atom stereocenters. The number of aromatic amines is 1. The Labute approximate surface area is 186 Å². The fraction of sp³-hybridized carbons (Fsp3) is 0.136. The normalized spacial score (nSPS) is 10.7. The second-order valence-electron chi connectivity index (χ2n) is 7.11. The van der Waals surface area contributed by atoms with E-state index >= 15 is 0 Å². The van der Waals surface area contributed by atoms with Gasteiger partial charge in [0.2, 0.25) is 5.91 Å². The standard InChI is InChI=1S/C22H18N6O5/c1-28-17-9-14(24-19(29)11-32-2)5-4-13(17)8-18(28)21(30)25-16-6-3-12(10-23)7-15(16)20-26-22(31)33-27-20/h3-9H,11H2,1-2H3,(H,24,29)(H,25,30)(H,26,27,31). The number of carbonyl (C=O) groups is 2. The zero-order valence-electron chi connectivity index (χ0n) is 17.6. The van der Waals surface area contributed by atoms with Gasteiger partial charge < -0.3 is 19.9 Å². The summed E-state index contributed by atoms with van der Waals surface area (Å²) in [4.78, 5) is 38.7. The summed E-state index contributed by atoms with van der Waals surface area (Å²) >= 11 is 0. The van der Waals surface area contributed by atoms with Gasteiger partial charge in [-0.05, 0) is 36.4 Å². The molecule has 4 aromatic rings.